The Bertz CT molecular complexity index is 312. The molecule has 1 aromatic rings. The van der Waals surface area contributed by atoms with Crippen LogP contribution in [0.25, 0.3) is 0 Å². The number of piperazine rings is 1. The quantitative estimate of drug-likeness (QED) is 0.716. The topological polar surface area (TPSA) is 45.2 Å². The van der Waals surface area contributed by atoms with Gasteiger partial charge in [0.2, 0.25) is 5.91 Å². The highest BCUT2D eigenvalue weighted by atomic mass is 16.2. The van der Waals surface area contributed by atoms with Crippen LogP contribution >= 0.6 is 0 Å². The Balaban J connectivity index is 2.00. The molecule has 1 aromatic heterocycles. The van der Waals surface area contributed by atoms with Gasteiger partial charge < -0.3 is 10.2 Å². The Kier molecular flexibility index (Phi) is 2.74. The summed E-state index contributed by atoms with van der Waals surface area (Å²) in [6.45, 7) is 2.72. The largest absolute Gasteiger partial charge is 0.334 e. The molecule has 2 rings (SSSR count). The van der Waals surface area contributed by atoms with Gasteiger partial charge in [0, 0.05) is 19.3 Å². The van der Waals surface area contributed by atoms with Gasteiger partial charge in [-0.1, -0.05) is 6.07 Å². The first-order chi connectivity index (χ1) is 6.86. The highest BCUT2D eigenvalue weighted by Crippen LogP contribution is 2.02. The van der Waals surface area contributed by atoms with Crippen molar-refractivity contribution in [3.63, 3.8) is 0 Å². The third-order valence-electron chi connectivity index (χ3n) is 2.27. The fourth-order valence-corrected chi connectivity index (χ4v) is 1.50. The van der Waals surface area contributed by atoms with Crippen molar-refractivity contribution < 1.29 is 4.79 Å². The van der Waals surface area contributed by atoms with Gasteiger partial charge >= 0.3 is 0 Å². The molecule has 2 heterocycles. The van der Waals surface area contributed by atoms with E-state index in [2.05, 4.69) is 10.3 Å². The molecule has 14 heavy (non-hydrogen) atoms. The van der Waals surface area contributed by atoms with Crippen LogP contribution in [0, 0.1) is 0 Å². The normalized spacial score (nSPS) is 17.1. The fraction of sp³-hybridized carbons (Fsp3) is 0.400. The van der Waals surface area contributed by atoms with Crippen LogP contribution in [0.4, 0.5) is 0 Å². The lowest BCUT2D eigenvalue weighted by molar-refractivity contribution is -0.132. The molecule has 4 heteroatoms. The van der Waals surface area contributed by atoms with Crippen LogP contribution in [0.1, 0.15) is 5.69 Å². The summed E-state index contributed by atoms with van der Waals surface area (Å²) in [6.07, 6.45) is 1.75. The molecule has 4 nitrogen and oxygen atoms in total. The molecule has 1 aliphatic heterocycles. The number of pyridine rings is 1. The molecule has 1 N–H and O–H groups in total. The SMILES string of the molecule is O=C1CNCCN1Cc1ccccn1. The zero-order valence-corrected chi connectivity index (χ0v) is 7.94. The van der Waals surface area contributed by atoms with E-state index >= 15 is 0 Å². The molecule has 74 valence electrons. The van der Waals surface area contributed by atoms with Gasteiger partial charge in [-0.2, -0.15) is 0 Å². The molecule has 0 bridgehead atoms. The number of rotatable bonds is 2. The smallest absolute Gasteiger partial charge is 0.236 e. The van der Waals surface area contributed by atoms with Gasteiger partial charge in [-0.25, -0.2) is 0 Å². The van der Waals surface area contributed by atoms with Gasteiger partial charge in [-0.05, 0) is 12.1 Å². The molecular weight excluding hydrogens is 178 g/mol. The minimum absolute atomic E-state index is 0.155. The standard InChI is InChI=1S/C10H13N3O/c14-10-7-11-5-6-13(10)8-9-3-1-2-4-12-9/h1-4,11H,5-8H2. The second-order valence-electron chi connectivity index (χ2n) is 3.31. The van der Waals surface area contributed by atoms with Crippen LogP contribution in [0.5, 0.6) is 0 Å². The number of carbonyl (C=O) groups is 1. The average molecular weight is 191 g/mol. The number of nitrogens with one attached hydrogen (secondary N) is 1. The molecule has 0 radical (unpaired) electrons. The first-order valence-corrected chi connectivity index (χ1v) is 4.74. The van der Waals surface area contributed by atoms with Crippen molar-refractivity contribution in [3.8, 4) is 0 Å². The van der Waals surface area contributed by atoms with Crippen LogP contribution < -0.4 is 5.32 Å². The van der Waals surface area contributed by atoms with Crippen molar-refractivity contribution in [2.24, 2.45) is 0 Å². The average Bonchev–Trinajstić information content (AvgIpc) is 2.23. The Hall–Kier alpha value is -1.42. The number of aromatic nitrogens is 1. The van der Waals surface area contributed by atoms with E-state index < -0.39 is 0 Å². The van der Waals surface area contributed by atoms with Crippen LogP contribution in [0.2, 0.25) is 0 Å². The van der Waals surface area contributed by atoms with E-state index in [-0.39, 0.29) is 5.91 Å². The molecule has 0 aromatic carbocycles. The fourth-order valence-electron chi connectivity index (χ4n) is 1.50. The first kappa shape index (κ1) is 9.15. The Labute approximate surface area is 82.9 Å². The number of amides is 1. The summed E-state index contributed by atoms with van der Waals surface area (Å²) in [5, 5.41) is 3.04. The third kappa shape index (κ3) is 2.09. The first-order valence-electron chi connectivity index (χ1n) is 4.74. The molecule has 1 fully saturated rings. The number of hydrogen-bond donors (Lipinski definition) is 1. The highest BCUT2D eigenvalue weighted by Gasteiger charge is 2.17. The van der Waals surface area contributed by atoms with E-state index in [1.54, 1.807) is 6.20 Å². The Morgan fingerprint density at radius 3 is 3.14 bits per heavy atom. The van der Waals surface area contributed by atoms with Crippen molar-refractivity contribution in [2.75, 3.05) is 19.6 Å². The van der Waals surface area contributed by atoms with Crippen molar-refractivity contribution in [2.45, 2.75) is 6.54 Å². The van der Waals surface area contributed by atoms with E-state index in [0.29, 0.717) is 13.1 Å². The maximum Gasteiger partial charge on any atom is 0.236 e. The van der Waals surface area contributed by atoms with E-state index in [1.807, 2.05) is 23.1 Å². The second-order valence-corrected chi connectivity index (χ2v) is 3.31. The summed E-state index contributed by atoms with van der Waals surface area (Å²) >= 11 is 0. The summed E-state index contributed by atoms with van der Waals surface area (Å²) in [4.78, 5) is 17.5. The van der Waals surface area contributed by atoms with Gasteiger partial charge in [0.25, 0.3) is 0 Å². The van der Waals surface area contributed by atoms with Crippen LogP contribution in [0.3, 0.4) is 0 Å². The van der Waals surface area contributed by atoms with Crippen molar-refractivity contribution in [1.82, 2.24) is 15.2 Å². The third-order valence-corrected chi connectivity index (χ3v) is 2.27. The molecule has 0 saturated carbocycles. The zero-order valence-electron chi connectivity index (χ0n) is 7.94. The van der Waals surface area contributed by atoms with Gasteiger partial charge in [0.15, 0.2) is 0 Å². The van der Waals surface area contributed by atoms with Gasteiger partial charge in [0.1, 0.15) is 0 Å². The van der Waals surface area contributed by atoms with E-state index in [4.69, 9.17) is 0 Å². The van der Waals surface area contributed by atoms with Crippen molar-refractivity contribution >= 4 is 5.91 Å². The van der Waals surface area contributed by atoms with E-state index in [1.165, 1.54) is 0 Å². The molecule has 0 unspecified atom stereocenters. The lowest BCUT2D eigenvalue weighted by Gasteiger charge is -2.26. The highest BCUT2D eigenvalue weighted by molar-refractivity contribution is 5.78. The molecule has 1 aliphatic rings. The monoisotopic (exact) mass is 191 g/mol. The van der Waals surface area contributed by atoms with Crippen molar-refractivity contribution in [3.05, 3.63) is 30.1 Å². The number of hydrogen-bond acceptors (Lipinski definition) is 3. The predicted molar refractivity (Wildman–Crippen MR) is 52.5 cm³/mol. The summed E-state index contributed by atoms with van der Waals surface area (Å²) in [5.74, 6) is 0.155. The summed E-state index contributed by atoms with van der Waals surface area (Å²) in [6, 6.07) is 5.76. The molecule has 1 amide bonds. The Morgan fingerprint density at radius 1 is 1.50 bits per heavy atom. The zero-order chi connectivity index (χ0) is 9.80. The molecule has 0 spiro atoms. The second kappa shape index (κ2) is 4.19. The summed E-state index contributed by atoms with van der Waals surface area (Å²) in [7, 11) is 0. The lowest BCUT2D eigenvalue weighted by atomic mass is 10.3. The van der Waals surface area contributed by atoms with E-state index in [0.717, 1.165) is 18.8 Å². The lowest BCUT2D eigenvalue weighted by Crippen LogP contribution is -2.47. The van der Waals surface area contributed by atoms with Gasteiger partial charge in [-0.3, -0.25) is 9.78 Å². The van der Waals surface area contributed by atoms with Crippen LogP contribution in [-0.4, -0.2) is 35.4 Å². The van der Waals surface area contributed by atoms with E-state index in [9.17, 15) is 4.79 Å². The molecule has 0 atom stereocenters. The minimum atomic E-state index is 0.155. The minimum Gasteiger partial charge on any atom is -0.334 e. The Morgan fingerprint density at radius 2 is 2.43 bits per heavy atom. The van der Waals surface area contributed by atoms with Gasteiger partial charge in [0.05, 0.1) is 18.8 Å². The molecular formula is C10H13N3O. The maximum atomic E-state index is 11.4. The predicted octanol–water partition coefficient (Wildman–Crippen LogP) is 0.0134. The van der Waals surface area contributed by atoms with Gasteiger partial charge in [-0.15, -0.1) is 0 Å². The van der Waals surface area contributed by atoms with Crippen molar-refractivity contribution in [1.29, 1.82) is 0 Å². The number of carbonyl (C=O) groups excluding carboxylic acids is 1. The van der Waals surface area contributed by atoms with Crippen LogP contribution in [0.15, 0.2) is 24.4 Å². The molecule has 0 aliphatic carbocycles. The summed E-state index contributed by atoms with van der Waals surface area (Å²) < 4.78 is 0. The maximum absolute atomic E-state index is 11.4. The summed E-state index contributed by atoms with van der Waals surface area (Å²) in [5.41, 5.74) is 0.947. The molecule has 1 saturated heterocycles. The van der Waals surface area contributed by atoms with Crippen LogP contribution in [-0.2, 0) is 11.3 Å². The number of nitrogens with zero attached hydrogens (tertiary/aromatic N) is 2.